The molecule has 4 atom stereocenters. The first-order chi connectivity index (χ1) is 9.49. The zero-order chi connectivity index (χ0) is 14.5. The van der Waals surface area contributed by atoms with Gasteiger partial charge in [0.2, 0.25) is 0 Å². The Morgan fingerprint density at radius 1 is 1.55 bits per heavy atom. The minimum absolute atomic E-state index is 0.172. The molecule has 0 unspecified atom stereocenters. The quantitative estimate of drug-likeness (QED) is 0.824. The molecule has 6 nitrogen and oxygen atoms in total. The highest BCUT2D eigenvalue weighted by Crippen LogP contribution is 2.58. The molecule has 2 aliphatic heterocycles. The molecule has 7 heteroatoms. The normalized spacial score (nSPS) is 39.4. The van der Waals surface area contributed by atoms with Crippen LogP contribution in [-0.2, 0) is 9.47 Å². The lowest BCUT2D eigenvalue weighted by Crippen LogP contribution is -2.39. The zero-order valence-corrected chi connectivity index (χ0v) is 11.4. The molecule has 0 radical (unpaired) electrons. The average Bonchev–Trinajstić information content (AvgIpc) is 3.18. The van der Waals surface area contributed by atoms with Crippen molar-refractivity contribution < 1.29 is 13.9 Å². The Bertz CT molecular complexity index is 630. The Kier molecular flexibility index (Phi) is 2.88. The van der Waals surface area contributed by atoms with Crippen LogP contribution in [0, 0.1) is 5.92 Å². The summed E-state index contributed by atoms with van der Waals surface area (Å²) in [6, 6.07) is 1.24. The predicted octanol–water partition coefficient (Wildman–Crippen LogP) is 0.589. The van der Waals surface area contributed by atoms with E-state index in [2.05, 4.69) is 4.98 Å². The van der Waals surface area contributed by atoms with E-state index in [1.165, 1.54) is 16.8 Å². The molecular weight excluding hydrogens is 267 g/mol. The number of ether oxygens (including phenoxy) is 2. The van der Waals surface area contributed by atoms with E-state index in [4.69, 9.17) is 9.47 Å². The van der Waals surface area contributed by atoms with E-state index < -0.39 is 35.4 Å². The van der Waals surface area contributed by atoms with Gasteiger partial charge in [-0.1, -0.05) is 13.8 Å². The second-order valence-corrected chi connectivity index (χ2v) is 5.50. The SMILES string of the molecule is CC[C@@]1(CF)O[C@@H](n2ccc(=O)[nH]c2=O)[C@]2(CO2)[C@@H]1C. The number of alkyl halides is 1. The van der Waals surface area contributed by atoms with Gasteiger partial charge in [-0.25, -0.2) is 9.18 Å². The van der Waals surface area contributed by atoms with Crippen molar-refractivity contribution in [3.8, 4) is 0 Å². The first-order valence-corrected chi connectivity index (χ1v) is 6.68. The molecule has 3 rings (SSSR count). The number of halogens is 1. The fraction of sp³-hybridized carbons (Fsp3) is 0.692. The largest absolute Gasteiger partial charge is 0.364 e. The molecule has 1 spiro atoms. The number of aromatic nitrogens is 2. The van der Waals surface area contributed by atoms with E-state index in [9.17, 15) is 14.0 Å². The highest BCUT2D eigenvalue weighted by molar-refractivity contribution is 5.14. The molecule has 20 heavy (non-hydrogen) atoms. The number of hydrogen-bond acceptors (Lipinski definition) is 4. The summed E-state index contributed by atoms with van der Waals surface area (Å²) >= 11 is 0. The fourth-order valence-corrected chi connectivity index (χ4v) is 3.09. The molecule has 2 saturated heterocycles. The van der Waals surface area contributed by atoms with Gasteiger partial charge in [0, 0.05) is 18.2 Å². The van der Waals surface area contributed by atoms with Gasteiger partial charge in [0.25, 0.3) is 5.56 Å². The topological polar surface area (TPSA) is 76.6 Å². The molecule has 0 amide bonds. The van der Waals surface area contributed by atoms with Gasteiger partial charge in [-0.15, -0.1) is 0 Å². The summed E-state index contributed by atoms with van der Waals surface area (Å²) < 4.78 is 26.2. The Labute approximate surface area is 114 Å². The molecule has 1 aromatic rings. The maximum Gasteiger partial charge on any atom is 0.330 e. The van der Waals surface area contributed by atoms with Crippen LogP contribution in [0.3, 0.4) is 0 Å². The second-order valence-electron chi connectivity index (χ2n) is 5.50. The van der Waals surface area contributed by atoms with Crippen molar-refractivity contribution in [2.24, 2.45) is 5.92 Å². The zero-order valence-electron chi connectivity index (χ0n) is 11.4. The van der Waals surface area contributed by atoms with Gasteiger partial charge in [-0.05, 0) is 6.42 Å². The summed E-state index contributed by atoms with van der Waals surface area (Å²) in [4.78, 5) is 25.2. The Morgan fingerprint density at radius 2 is 2.25 bits per heavy atom. The van der Waals surface area contributed by atoms with Gasteiger partial charge in [-0.3, -0.25) is 14.3 Å². The molecule has 3 heterocycles. The Balaban J connectivity index is 2.07. The fourth-order valence-electron chi connectivity index (χ4n) is 3.09. The lowest BCUT2D eigenvalue weighted by atomic mass is 9.81. The maximum absolute atomic E-state index is 13.5. The molecule has 0 bridgehead atoms. The number of aromatic amines is 1. The number of nitrogens with zero attached hydrogens (tertiary/aromatic N) is 1. The van der Waals surface area contributed by atoms with Crippen LogP contribution < -0.4 is 11.2 Å². The van der Waals surface area contributed by atoms with Gasteiger partial charge in [0.15, 0.2) is 6.23 Å². The second kappa shape index (κ2) is 4.26. The summed E-state index contributed by atoms with van der Waals surface area (Å²) in [6.45, 7) is 3.52. The monoisotopic (exact) mass is 284 g/mol. The van der Waals surface area contributed by atoms with Crippen molar-refractivity contribution in [3.63, 3.8) is 0 Å². The van der Waals surface area contributed by atoms with Crippen molar-refractivity contribution in [1.29, 1.82) is 0 Å². The first-order valence-electron chi connectivity index (χ1n) is 6.68. The first kappa shape index (κ1) is 13.5. The van der Waals surface area contributed by atoms with Crippen LogP contribution >= 0.6 is 0 Å². The predicted molar refractivity (Wildman–Crippen MR) is 68.3 cm³/mol. The third-order valence-corrected chi connectivity index (χ3v) is 4.69. The van der Waals surface area contributed by atoms with Crippen molar-refractivity contribution in [1.82, 2.24) is 9.55 Å². The minimum Gasteiger partial charge on any atom is -0.364 e. The molecule has 0 saturated carbocycles. The van der Waals surface area contributed by atoms with Crippen molar-refractivity contribution in [2.45, 2.75) is 37.7 Å². The highest BCUT2D eigenvalue weighted by atomic mass is 19.1. The molecule has 110 valence electrons. The molecule has 0 aliphatic carbocycles. The number of nitrogens with one attached hydrogen (secondary N) is 1. The maximum atomic E-state index is 13.5. The summed E-state index contributed by atoms with van der Waals surface area (Å²) in [5.74, 6) is -0.172. The lowest BCUT2D eigenvalue weighted by Gasteiger charge is -2.28. The highest BCUT2D eigenvalue weighted by Gasteiger charge is 2.69. The summed E-state index contributed by atoms with van der Waals surface area (Å²) in [6.07, 6.45) is 1.15. The summed E-state index contributed by atoms with van der Waals surface area (Å²) in [5, 5.41) is 0. The third-order valence-electron chi connectivity index (χ3n) is 4.69. The number of H-pyrrole nitrogens is 1. The van der Waals surface area contributed by atoms with Gasteiger partial charge in [0.1, 0.15) is 17.9 Å². The summed E-state index contributed by atoms with van der Waals surface area (Å²) in [7, 11) is 0. The van der Waals surface area contributed by atoms with E-state index in [1.54, 1.807) is 0 Å². The van der Waals surface area contributed by atoms with Crippen LogP contribution in [0.5, 0.6) is 0 Å². The van der Waals surface area contributed by atoms with Gasteiger partial charge < -0.3 is 9.47 Å². The van der Waals surface area contributed by atoms with Gasteiger partial charge >= 0.3 is 5.69 Å². The van der Waals surface area contributed by atoms with E-state index in [-0.39, 0.29) is 5.92 Å². The lowest BCUT2D eigenvalue weighted by molar-refractivity contribution is -0.102. The van der Waals surface area contributed by atoms with Crippen molar-refractivity contribution >= 4 is 0 Å². The molecule has 2 fully saturated rings. The Morgan fingerprint density at radius 3 is 2.75 bits per heavy atom. The third kappa shape index (κ3) is 1.63. The summed E-state index contributed by atoms with van der Waals surface area (Å²) in [5.41, 5.74) is -2.67. The minimum atomic E-state index is -0.948. The number of hydrogen-bond donors (Lipinski definition) is 1. The molecule has 1 aromatic heterocycles. The molecular formula is C13H17FN2O4. The van der Waals surface area contributed by atoms with Crippen molar-refractivity contribution in [3.05, 3.63) is 33.1 Å². The van der Waals surface area contributed by atoms with Crippen molar-refractivity contribution in [2.75, 3.05) is 13.3 Å². The Hall–Kier alpha value is -1.47. The van der Waals surface area contributed by atoms with Crippen LogP contribution in [-0.4, -0.2) is 34.0 Å². The van der Waals surface area contributed by atoms with E-state index in [0.29, 0.717) is 13.0 Å². The van der Waals surface area contributed by atoms with E-state index >= 15 is 0 Å². The van der Waals surface area contributed by atoms with Gasteiger partial charge in [-0.2, -0.15) is 0 Å². The number of epoxide rings is 1. The standard InChI is InChI=1S/C13H17FN2O4/c1-3-12(6-14)8(2)13(7-19-13)10(20-12)16-5-4-9(17)15-11(16)18/h4-5,8,10H,3,6-7H2,1-2H3,(H,15,17,18)/t8-,10-,12+,13+/m1/s1. The smallest absolute Gasteiger partial charge is 0.330 e. The number of rotatable bonds is 3. The molecule has 0 aromatic carbocycles. The molecule has 2 aliphatic rings. The molecule has 1 N–H and O–H groups in total. The van der Waals surface area contributed by atoms with Gasteiger partial charge in [0.05, 0.1) is 6.61 Å². The van der Waals surface area contributed by atoms with E-state index in [1.807, 2.05) is 13.8 Å². The van der Waals surface area contributed by atoms with Crippen LogP contribution in [0.2, 0.25) is 0 Å². The van der Waals surface area contributed by atoms with Crippen LogP contribution in [0.4, 0.5) is 4.39 Å². The van der Waals surface area contributed by atoms with E-state index in [0.717, 1.165) is 0 Å². The van der Waals surface area contributed by atoms with Crippen LogP contribution in [0.15, 0.2) is 21.9 Å². The van der Waals surface area contributed by atoms with Crippen LogP contribution in [0.1, 0.15) is 26.5 Å². The van der Waals surface area contributed by atoms with Crippen LogP contribution in [0.25, 0.3) is 0 Å². The average molecular weight is 284 g/mol.